The maximum absolute atomic E-state index is 2.30. The van der Waals surface area contributed by atoms with Gasteiger partial charge in [0.25, 0.3) is 0 Å². The van der Waals surface area contributed by atoms with Crippen LogP contribution in [0.5, 0.6) is 0 Å². The van der Waals surface area contributed by atoms with Gasteiger partial charge < -0.3 is 0 Å². The molecule has 19 heavy (non-hydrogen) atoms. The fraction of sp³-hybridized carbons (Fsp3) is 1.00. The molecule has 0 saturated carbocycles. The molecule has 0 aliphatic rings. The first-order chi connectivity index (χ1) is 7.41. The summed E-state index contributed by atoms with van der Waals surface area (Å²) in [5.74, 6) is 0. The second kappa shape index (κ2) is 8.34. The Morgan fingerprint density at radius 2 is 0.474 bits per heavy atom. The monoisotopic (exact) mass is 308 g/mol. The summed E-state index contributed by atoms with van der Waals surface area (Å²) in [7, 11) is 2.10. The second-order valence-electron chi connectivity index (χ2n) is 9.25. The van der Waals surface area contributed by atoms with Crippen molar-refractivity contribution in [2.45, 2.75) is 111 Å². The molecule has 0 bridgehead atoms. The maximum atomic E-state index is 2.30. The van der Waals surface area contributed by atoms with Gasteiger partial charge in [-0.1, -0.05) is 90.5 Å². The molecule has 0 nitrogen and oxygen atoms in total. The Morgan fingerprint density at radius 3 is 0.474 bits per heavy atom. The molecule has 0 atom stereocenters. The Kier molecular flexibility index (Phi) is 10.9. The van der Waals surface area contributed by atoms with Gasteiger partial charge in [-0.15, -0.1) is 17.2 Å². The van der Waals surface area contributed by atoms with E-state index in [9.17, 15) is 0 Å². The van der Waals surface area contributed by atoms with E-state index in [1.165, 1.54) is 0 Å². The van der Waals surface area contributed by atoms with Crippen molar-refractivity contribution in [1.82, 2.24) is 0 Å². The Hall–Kier alpha value is 0.860. The molecule has 0 aromatic carbocycles. The van der Waals surface area contributed by atoms with Crippen molar-refractivity contribution in [2.75, 3.05) is 0 Å². The van der Waals surface area contributed by atoms with Crippen LogP contribution in [0.25, 0.3) is 0 Å². The van der Waals surface area contributed by atoms with Crippen LogP contribution in [0.4, 0.5) is 0 Å². The lowest BCUT2D eigenvalue weighted by Crippen LogP contribution is -2.16. The van der Waals surface area contributed by atoms with Crippen molar-refractivity contribution in [1.29, 1.82) is 0 Å². The average molecular weight is 308 g/mol. The molecule has 0 fully saturated rings. The number of hydrogen-bond acceptors (Lipinski definition) is 0. The molecule has 0 aliphatic heterocycles. The van der Waals surface area contributed by atoms with Crippen LogP contribution in [0.1, 0.15) is 90.5 Å². The highest BCUT2D eigenvalue weighted by molar-refractivity contribution is 7.42. The van der Waals surface area contributed by atoms with Crippen molar-refractivity contribution >= 4 is 17.2 Å². The summed E-state index contributed by atoms with van der Waals surface area (Å²) < 4.78 is 0. The van der Waals surface area contributed by atoms with Crippen LogP contribution in [0.15, 0.2) is 0 Å². The molecular weight excluding hydrogens is 266 g/mol. The summed E-state index contributed by atoms with van der Waals surface area (Å²) in [5.41, 5.74) is 0. The molecule has 0 spiro atoms. The molecule has 0 N–H and O–H groups in total. The van der Waals surface area contributed by atoms with Crippen LogP contribution in [0, 0.1) is 0 Å². The molecule has 0 rings (SSSR count). The summed E-state index contributed by atoms with van der Waals surface area (Å²) in [6.45, 7) is 27.6. The van der Waals surface area contributed by atoms with Crippen molar-refractivity contribution in [2.24, 2.45) is 0 Å². The van der Waals surface area contributed by atoms with Crippen LogP contribution in [-0.2, 0) is 0 Å². The summed E-state index contributed by atoms with van der Waals surface area (Å²) in [6, 6.07) is 0. The van der Waals surface area contributed by atoms with E-state index in [-0.39, 0.29) is 7.43 Å². The smallest absolute Gasteiger partial charge is 0.0202 e. The minimum absolute atomic E-state index is 0. The van der Waals surface area contributed by atoms with E-state index in [1.807, 2.05) is 0 Å². The zero-order valence-electron chi connectivity index (χ0n) is 15.0. The first kappa shape index (κ1) is 24.9. The van der Waals surface area contributed by atoms with Crippen LogP contribution in [0.3, 0.4) is 0 Å². The van der Waals surface area contributed by atoms with Crippen LogP contribution < -0.4 is 0 Å². The van der Waals surface area contributed by atoms with Gasteiger partial charge in [0.2, 0.25) is 0 Å². The lowest BCUT2D eigenvalue weighted by atomic mass is 10.2. The van der Waals surface area contributed by atoms with Crippen molar-refractivity contribution in [3.8, 4) is 0 Å². The molecule has 0 aromatic rings. The van der Waals surface area contributed by atoms with Gasteiger partial charge in [0, 0.05) is 0 Å². The minimum Gasteiger partial charge on any atom is -0.111 e. The fourth-order valence-electron chi connectivity index (χ4n) is 2.25. The number of rotatable bonds is 0. The summed E-state index contributed by atoms with van der Waals surface area (Å²) in [6.07, 6.45) is 0. The Morgan fingerprint density at radius 1 is 0.368 bits per heavy atom. The molecule has 120 valence electrons. The van der Waals surface area contributed by atoms with E-state index < -0.39 is 0 Å². The zero-order valence-corrected chi connectivity index (χ0v) is 17.0. The third kappa shape index (κ3) is 32.4. The van der Waals surface area contributed by atoms with Crippen molar-refractivity contribution in [3.63, 3.8) is 0 Å². The lowest BCUT2D eigenvalue weighted by Gasteiger charge is -2.28. The molecular formula is C17H42P2. The number of hydrogen-bond donors (Lipinski definition) is 0. The van der Waals surface area contributed by atoms with Crippen molar-refractivity contribution in [3.05, 3.63) is 0 Å². The highest BCUT2D eigenvalue weighted by Crippen LogP contribution is 2.42. The molecule has 0 saturated heterocycles. The predicted molar refractivity (Wildman–Crippen MR) is 102 cm³/mol. The Balaban J connectivity index is -0.000000256. The van der Waals surface area contributed by atoms with Gasteiger partial charge in [0.05, 0.1) is 0 Å². The van der Waals surface area contributed by atoms with Gasteiger partial charge in [-0.2, -0.15) is 0 Å². The zero-order chi connectivity index (χ0) is 15.4. The van der Waals surface area contributed by atoms with Gasteiger partial charge >= 0.3 is 0 Å². The fourth-order valence-corrected chi connectivity index (χ4v) is 6.75. The quantitative estimate of drug-likeness (QED) is 0.416. The molecule has 0 amide bonds. The molecule has 0 aliphatic carbocycles. The first-order valence-electron chi connectivity index (χ1n) is 7.00. The van der Waals surface area contributed by atoms with Gasteiger partial charge in [0.15, 0.2) is 0 Å². The van der Waals surface area contributed by atoms with E-state index in [4.69, 9.17) is 0 Å². The van der Waals surface area contributed by atoms with Gasteiger partial charge in [-0.05, 0) is 20.6 Å². The molecule has 2 heteroatoms. The maximum Gasteiger partial charge on any atom is -0.0202 e. The van der Waals surface area contributed by atoms with Crippen LogP contribution in [0.2, 0.25) is 0 Å². The molecule has 0 heterocycles. The van der Waals surface area contributed by atoms with Gasteiger partial charge in [-0.3, -0.25) is 0 Å². The average Bonchev–Trinajstić information content (AvgIpc) is 1.64. The first-order valence-corrected chi connectivity index (χ1v) is 9.00. The Labute approximate surface area is 128 Å². The van der Waals surface area contributed by atoms with E-state index in [0.717, 1.165) is 17.2 Å². The molecule has 0 unspecified atom stereocenters. The van der Waals surface area contributed by atoms with E-state index in [2.05, 4.69) is 83.1 Å². The highest BCUT2D eigenvalue weighted by atomic mass is 31.1. The molecule has 0 radical (unpaired) electrons. The summed E-state index contributed by atoms with van der Waals surface area (Å²) in [5, 5.41) is 2.05. The van der Waals surface area contributed by atoms with Crippen LogP contribution >= 0.6 is 17.2 Å². The lowest BCUT2D eigenvalue weighted by molar-refractivity contribution is 0.724. The predicted octanol–water partition coefficient (Wildman–Crippen LogP) is 7.16. The molecule has 0 aromatic heterocycles. The normalized spacial score (nSPS) is 13.3. The minimum atomic E-state index is 0. The van der Waals surface area contributed by atoms with Gasteiger partial charge in [0.1, 0.15) is 0 Å². The third-order valence-corrected chi connectivity index (χ3v) is 4.50. The third-order valence-electron chi connectivity index (χ3n) is 1.50. The van der Waals surface area contributed by atoms with E-state index in [0.29, 0.717) is 20.6 Å². The van der Waals surface area contributed by atoms with Gasteiger partial charge in [-0.25, -0.2) is 0 Å². The van der Waals surface area contributed by atoms with E-state index in [1.54, 1.807) is 0 Å². The standard InChI is InChI=1S/2C8H19P.CH4/c2*1-7(2,3)9-8(4,5)6;/h2*9H,1-6H3;1H4. The second-order valence-corrected chi connectivity index (χ2v) is 15.8. The summed E-state index contributed by atoms with van der Waals surface area (Å²) in [4.78, 5) is 0. The topological polar surface area (TPSA) is 0 Å². The van der Waals surface area contributed by atoms with Crippen LogP contribution in [-0.4, -0.2) is 20.6 Å². The summed E-state index contributed by atoms with van der Waals surface area (Å²) >= 11 is 0. The van der Waals surface area contributed by atoms with E-state index >= 15 is 0 Å². The van der Waals surface area contributed by atoms with Crippen molar-refractivity contribution < 1.29 is 0 Å². The Bertz CT molecular complexity index is 166. The highest BCUT2D eigenvalue weighted by Gasteiger charge is 2.20. The SMILES string of the molecule is C.CC(C)(C)PC(C)(C)C.CC(C)(C)PC(C)(C)C. The largest absolute Gasteiger partial charge is 0.111 e.